The van der Waals surface area contributed by atoms with Crippen molar-refractivity contribution in [3.63, 3.8) is 0 Å². The Morgan fingerprint density at radius 3 is 2.68 bits per heavy atom. The predicted octanol–water partition coefficient (Wildman–Crippen LogP) is 0.237. The summed E-state index contributed by atoms with van der Waals surface area (Å²) in [5.74, 6) is 0.328. The fraction of sp³-hybridized carbons (Fsp3) is 0.611. The molecule has 7 nitrogen and oxygen atoms in total. The van der Waals surface area contributed by atoms with Crippen LogP contribution in [0.5, 0.6) is 0 Å². The highest BCUT2D eigenvalue weighted by atomic mass is 16.5. The summed E-state index contributed by atoms with van der Waals surface area (Å²) in [6.45, 7) is 2.90. The Morgan fingerprint density at radius 2 is 2.00 bits per heavy atom. The highest BCUT2D eigenvalue weighted by Crippen LogP contribution is 2.35. The molecule has 3 atom stereocenters. The second-order valence-corrected chi connectivity index (χ2v) is 7.25. The Kier molecular flexibility index (Phi) is 4.11. The zero-order chi connectivity index (χ0) is 17.6. The van der Waals surface area contributed by atoms with E-state index in [1.54, 1.807) is 24.1 Å². The molecule has 0 aliphatic carbocycles. The first-order valence-corrected chi connectivity index (χ1v) is 8.91. The van der Waals surface area contributed by atoms with Gasteiger partial charge in [-0.25, -0.2) is 0 Å². The van der Waals surface area contributed by atoms with Gasteiger partial charge in [-0.05, 0) is 18.9 Å². The summed E-state index contributed by atoms with van der Waals surface area (Å²) < 4.78 is 7.42. The number of carbonyl (C=O) groups excluding carboxylic acids is 2. The van der Waals surface area contributed by atoms with Gasteiger partial charge in [0, 0.05) is 45.2 Å². The first kappa shape index (κ1) is 16.3. The molecule has 0 radical (unpaired) electrons. The second kappa shape index (κ2) is 6.29. The summed E-state index contributed by atoms with van der Waals surface area (Å²) >= 11 is 0. The summed E-state index contributed by atoms with van der Waals surface area (Å²) in [6.07, 6.45) is 2.34. The number of carbonyl (C=O) groups is 2. The number of amides is 2. The third kappa shape index (κ3) is 2.97. The average Bonchev–Trinajstić information content (AvgIpc) is 3.05. The SMILES string of the molecule is Cn1c(C(=O)N2C[C@@H]3C[C@@H](CC(=O)N4CCC4)O[C@@H]3C2)cccc1=O. The van der Waals surface area contributed by atoms with Crippen LogP contribution in [0.2, 0.25) is 0 Å². The monoisotopic (exact) mass is 345 g/mol. The third-order valence-electron chi connectivity index (χ3n) is 5.62. The van der Waals surface area contributed by atoms with Gasteiger partial charge in [-0.3, -0.25) is 14.4 Å². The zero-order valence-corrected chi connectivity index (χ0v) is 14.4. The van der Waals surface area contributed by atoms with Crippen LogP contribution in [0.4, 0.5) is 0 Å². The molecule has 134 valence electrons. The van der Waals surface area contributed by atoms with Gasteiger partial charge in [-0.2, -0.15) is 0 Å². The number of aromatic nitrogens is 1. The number of hydrogen-bond acceptors (Lipinski definition) is 4. The summed E-state index contributed by atoms with van der Waals surface area (Å²) in [4.78, 5) is 40.1. The van der Waals surface area contributed by atoms with E-state index in [2.05, 4.69) is 0 Å². The largest absolute Gasteiger partial charge is 0.372 e. The van der Waals surface area contributed by atoms with E-state index in [0.717, 1.165) is 25.9 Å². The second-order valence-electron chi connectivity index (χ2n) is 7.25. The fourth-order valence-electron chi connectivity index (χ4n) is 3.99. The van der Waals surface area contributed by atoms with Gasteiger partial charge in [0.25, 0.3) is 11.5 Å². The highest BCUT2D eigenvalue weighted by Gasteiger charge is 2.44. The third-order valence-corrected chi connectivity index (χ3v) is 5.62. The van der Waals surface area contributed by atoms with Gasteiger partial charge in [0.1, 0.15) is 5.69 Å². The van der Waals surface area contributed by atoms with Crippen molar-refractivity contribution in [2.24, 2.45) is 13.0 Å². The van der Waals surface area contributed by atoms with Crippen molar-refractivity contribution in [3.8, 4) is 0 Å². The Balaban J connectivity index is 1.36. The number of nitrogens with zero attached hydrogens (tertiary/aromatic N) is 3. The number of hydrogen-bond donors (Lipinski definition) is 0. The maximum absolute atomic E-state index is 12.7. The summed E-state index contributed by atoms with van der Waals surface area (Å²) in [7, 11) is 1.61. The number of ether oxygens (including phenoxy) is 1. The van der Waals surface area contributed by atoms with Gasteiger partial charge in [-0.15, -0.1) is 0 Å². The maximum Gasteiger partial charge on any atom is 0.270 e. The lowest BCUT2D eigenvalue weighted by molar-refractivity contribution is -0.137. The molecule has 7 heteroatoms. The van der Waals surface area contributed by atoms with E-state index in [-0.39, 0.29) is 35.5 Å². The molecular weight excluding hydrogens is 322 g/mol. The molecular formula is C18H23N3O4. The zero-order valence-electron chi connectivity index (χ0n) is 14.4. The Morgan fingerprint density at radius 1 is 1.20 bits per heavy atom. The molecule has 2 amide bonds. The average molecular weight is 345 g/mol. The molecule has 1 aromatic heterocycles. The van der Waals surface area contributed by atoms with Crippen LogP contribution in [0.3, 0.4) is 0 Å². The maximum atomic E-state index is 12.7. The van der Waals surface area contributed by atoms with Crippen LogP contribution in [-0.4, -0.2) is 64.6 Å². The molecule has 3 aliphatic heterocycles. The van der Waals surface area contributed by atoms with Gasteiger partial charge >= 0.3 is 0 Å². The summed E-state index contributed by atoms with van der Waals surface area (Å²) in [5.41, 5.74) is 0.211. The first-order chi connectivity index (χ1) is 12.0. The van der Waals surface area contributed by atoms with Crippen molar-refractivity contribution in [2.45, 2.75) is 31.5 Å². The molecule has 0 spiro atoms. The van der Waals surface area contributed by atoms with Crippen LogP contribution in [0.15, 0.2) is 23.0 Å². The van der Waals surface area contributed by atoms with Crippen molar-refractivity contribution in [3.05, 3.63) is 34.2 Å². The van der Waals surface area contributed by atoms with E-state index >= 15 is 0 Å². The molecule has 0 saturated carbocycles. The van der Waals surface area contributed by atoms with Crippen LogP contribution in [0, 0.1) is 5.92 Å². The van der Waals surface area contributed by atoms with E-state index in [1.807, 2.05) is 4.90 Å². The molecule has 1 aromatic rings. The Hall–Kier alpha value is -2.15. The van der Waals surface area contributed by atoms with E-state index in [9.17, 15) is 14.4 Å². The number of pyridine rings is 1. The van der Waals surface area contributed by atoms with E-state index in [1.165, 1.54) is 10.6 Å². The quantitative estimate of drug-likeness (QED) is 0.787. The summed E-state index contributed by atoms with van der Waals surface area (Å²) in [5, 5.41) is 0. The van der Waals surface area contributed by atoms with Crippen LogP contribution in [-0.2, 0) is 16.6 Å². The lowest BCUT2D eigenvalue weighted by atomic mass is 10.0. The molecule has 25 heavy (non-hydrogen) atoms. The topological polar surface area (TPSA) is 71.8 Å². The smallest absolute Gasteiger partial charge is 0.270 e. The van der Waals surface area contributed by atoms with Gasteiger partial charge in [-0.1, -0.05) is 6.07 Å². The molecule has 0 bridgehead atoms. The molecule has 4 heterocycles. The molecule has 3 fully saturated rings. The Labute approximate surface area is 146 Å². The molecule has 0 unspecified atom stereocenters. The lowest BCUT2D eigenvalue weighted by Gasteiger charge is -2.31. The standard InChI is InChI=1S/C18H23N3O4/c1-19-14(4-2-5-16(19)22)18(24)21-10-12-8-13(25-15(12)11-21)9-17(23)20-6-3-7-20/h2,4-5,12-13,15H,3,6-11H2,1H3/t12-,13-,15+/m0/s1. The van der Waals surface area contributed by atoms with Crippen LogP contribution in [0.1, 0.15) is 29.8 Å². The van der Waals surface area contributed by atoms with Gasteiger partial charge in [0.15, 0.2) is 0 Å². The van der Waals surface area contributed by atoms with Crippen molar-refractivity contribution in [1.29, 1.82) is 0 Å². The normalized spacial score (nSPS) is 28.0. The van der Waals surface area contributed by atoms with Crippen molar-refractivity contribution in [1.82, 2.24) is 14.4 Å². The van der Waals surface area contributed by atoms with Crippen LogP contribution >= 0.6 is 0 Å². The minimum absolute atomic E-state index is 0.00104. The minimum Gasteiger partial charge on any atom is -0.372 e. The van der Waals surface area contributed by atoms with Crippen molar-refractivity contribution in [2.75, 3.05) is 26.2 Å². The van der Waals surface area contributed by atoms with Crippen molar-refractivity contribution >= 4 is 11.8 Å². The van der Waals surface area contributed by atoms with E-state index < -0.39 is 0 Å². The Bertz CT molecular complexity index is 741. The van der Waals surface area contributed by atoms with E-state index in [4.69, 9.17) is 4.74 Å². The molecule has 3 aliphatic rings. The predicted molar refractivity (Wildman–Crippen MR) is 90.2 cm³/mol. The van der Waals surface area contributed by atoms with Crippen LogP contribution in [0.25, 0.3) is 0 Å². The molecule has 3 saturated heterocycles. The highest BCUT2D eigenvalue weighted by molar-refractivity contribution is 5.92. The van der Waals surface area contributed by atoms with Crippen molar-refractivity contribution < 1.29 is 14.3 Å². The van der Waals surface area contributed by atoms with Crippen LogP contribution < -0.4 is 5.56 Å². The number of fused-ring (bicyclic) bond motifs is 1. The lowest BCUT2D eigenvalue weighted by Crippen LogP contribution is -2.43. The summed E-state index contributed by atoms with van der Waals surface area (Å²) in [6, 6.07) is 4.73. The number of rotatable bonds is 3. The molecule has 4 rings (SSSR count). The fourth-order valence-corrected chi connectivity index (χ4v) is 3.99. The van der Waals surface area contributed by atoms with E-state index in [0.29, 0.717) is 25.2 Å². The van der Waals surface area contributed by atoms with Gasteiger partial charge in [0.2, 0.25) is 5.91 Å². The molecule has 0 aromatic carbocycles. The minimum atomic E-state index is -0.189. The van der Waals surface area contributed by atoms with Gasteiger partial charge < -0.3 is 19.1 Å². The van der Waals surface area contributed by atoms with Gasteiger partial charge in [0.05, 0.1) is 18.6 Å². The first-order valence-electron chi connectivity index (χ1n) is 8.91. The number of likely N-dealkylation sites (tertiary alicyclic amines) is 2. The molecule has 0 N–H and O–H groups in total.